The first-order chi connectivity index (χ1) is 11.8. The Hall–Kier alpha value is -2.02. The maximum absolute atomic E-state index is 13.7. The van der Waals surface area contributed by atoms with Gasteiger partial charge in [-0.1, -0.05) is 19.9 Å². The third-order valence-electron chi connectivity index (χ3n) is 4.80. The summed E-state index contributed by atoms with van der Waals surface area (Å²) >= 11 is 0. The number of amides is 2. The van der Waals surface area contributed by atoms with Crippen LogP contribution in [-0.2, 0) is 16.1 Å². The van der Waals surface area contributed by atoms with E-state index in [1.165, 1.54) is 12.1 Å². The van der Waals surface area contributed by atoms with Gasteiger partial charge in [-0.3, -0.25) is 9.59 Å². The molecule has 0 unspecified atom stereocenters. The molecule has 5 nitrogen and oxygen atoms in total. The molecule has 25 heavy (non-hydrogen) atoms. The van der Waals surface area contributed by atoms with Crippen molar-refractivity contribution in [1.29, 1.82) is 0 Å². The Balaban J connectivity index is 1.62. The van der Waals surface area contributed by atoms with E-state index in [0.29, 0.717) is 30.9 Å². The lowest BCUT2D eigenvalue weighted by Crippen LogP contribution is -2.61. The number of benzene rings is 1. The molecule has 2 aliphatic heterocycles. The highest BCUT2D eigenvalue weighted by atomic mass is 19.1. The van der Waals surface area contributed by atoms with Crippen LogP contribution < -0.4 is 10.6 Å². The summed E-state index contributed by atoms with van der Waals surface area (Å²) in [6, 6.07) is 2.44. The van der Waals surface area contributed by atoms with Crippen LogP contribution in [0.25, 0.3) is 0 Å². The minimum Gasteiger partial charge on any atom is -0.342 e. The van der Waals surface area contributed by atoms with Crippen molar-refractivity contribution in [2.75, 3.05) is 6.54 Å². The molecule has 0 bridgehead atoms. The molecule has 0 saturated carbocycles. The first-order valence-corrected chi connectivity index (χ1v) is 8.63. The monoisotopic (exact) mass is 351 g/mol. The van der Waals surface area contributed by atoms with Gasteiger partial charge in [0.2, 0.25) is 11.8 Å². The standard InChI is InChI=1S/C18H23F2N3O2/c1-10(2)5-15-18(25)23-9-13(7-16(23)17(24)22-15)21-8-11-3-4-12(19)6-14(11)20/h3-4,6,10,13,15-16,21H,5,7-9H2,1-2H3,(H,22,24)/t13-,15-,16-/m0/s1. The number of rotatable bonds is 5. The highest BCUT2D eigenvalue weighted by Gasteiger charge is 2.46. The molecule has 0 aliphatic carbocycles. The van der Waals surface area contributed by atoms with Gasteiger partial charge < -0.3 is 15.5 Å². The van der Waals surface area contributed by atoms with E-state index >= 15 is 0 Å². The molecule has 2 amide bonds. The van der Waals surface area contributed by atoms with E-state index < -0.39 is 23.7 Å². The van der Waals surface area contributed by atoms with E-state index in [4.69, 9.17) is 0 Å². The predicted octanol–water partition coefficient (Wildman–Crippen LogP) is 1.57. The quantitative estimate of drug-likeness (QED) is 0.847. The number of halogens is 2. The maximum atomic E-state index is 13.7. The Morgan fingerprint density at radius 3 is 2.76 bits per heavy atom. The summed E-state index contributed by atoms with van der Waals surface area (Å²) in [6.07, 6.45) is 1.11. The average Bonchev–Trinajstić information content (AvgIpc) is 2.96. The van der Waals surface area contributed by atoms with Crippen molar-refractivity contribution in [2.24, 2.45) is 5.92 Å². The van der Waals surface area contributed by atoms with Crippen LogP contribution in [0.2, 0.25) is 0 Å². The van der Waals surface area contributed by atoms with E-state index in [-0.39, 0.29) is 24.4 Å². The Kier molecular flexibility index (Phi) is 5.03. The normalized spacial score (nSPS) is 26.1. The fourth-order valence-electron chi connectivity index (χ4n) is 3.56. The third-order valence-corrected chi connectivity index (χ3v) is 4.80. The van der Waals surface area contributed by atoms with Crippen LogP contribution in [-0.4, -0.2) is 41.4 Å². The second-order valence-corrected chi connectivity index (χ2v) is 7.25. The molecule has 0 aromatic heterocycles. The number of nitrogens with zero attached hydrogens (tertiary/aromatic N) is 1. The van der Waals surface area contributed by atoms with Crippen molar-refractivity contribution in [1.82, 2.24) is 15.5 Å². The summed E-state index contributed by atoms with van der Waals surface area (Å²) in [4.78, 5) is 26.5. The summed E-state index contributed by atoms with van der Waals surface area (Å²) in [5.74, 6) is -1.08. The van der Waals surface area contributed by atoms with Crippen LogP contribution in [0.1, 0.15) is 32.3 Å². The first-order valence-electron chi connectivity index (χ1n) is 8.63. The second kappa shape index (κ2) is 7.07. The van der Waals surface area contributed by atoms with Crippen LogP contribution >= 0.6 is 0 Å². The van der Waals surface area contributed by atoms with Gasteiger partial charge in [0, 0.05) is 30.8 Å². The van der Waals surface area contributed by atoms with Crippen molar-refractivity contribution < 1.29 is 18.4 Å². The summed E-state index contributed by atoms with van der Waals surface area (Å²) < 4.78 is 26.7. The number of carbonyl (C=O) groups is 2. The molecule has 2 aliphatic rings. The minimum atomic E-state index is -0.613. The molecule has 2 heterocycles. The summed E-state index contributed by atoms with van der Waals surface area (Å²) in [6.45, 7) is 4.67. The SMILES string of the molecule is CC(C)C[C@@H]1NC(=O)[C@@H]2C[C@H](NCc3ccc(F)cc3F)CN2C1=O. The van der Waals surface area contributed by atoms with Crippen LogP contribution in [0.15, 0.2) is 18.2 Å². The van der Waals surface area contributed by atoms with Crippen LogP contribution in [0, 0.1) is 17.6 Å². The van der Waals surface area contributed by atoms with Gasteiger partial charge in [-0.15, -0.1) is 0 Å². The van der Waals surface area contributed by atoms with E-state index in [2.05, 4.69) is 10.6 Å². The van der Waals surface area contributed by atoms with E-state index in [1.54, 1.807) is 4.90 Å². The van der Waals surface area contributed by atoms with Gasteiger partial charge in [0.15, 0.2) is 0 Å². The molecular weight excluding hydrogens is 328 g/mol. The predicted molar refractivity (Wildman–Crippen MR) is 88.5 cm³/mol. The molecule has 2 saturated heterocycles. The molecule has 2 N–H and O–H groups in total. The van der Waals surface area contributed by atoms with Crippen LogP contribution in [0.4, 0.5) is 8.78 Å². The molecule has 0 spiro atoms. The zero-order chi connectivity index (χ0) is 18.1. The number of nitrogens with one attached hydrogen (secondary N) is 2. The number of hydrogen-bond donors (Lipinski definition) is 2. The third kappa shape index (κ3) is 3.81. The maximum Gasteiger partial charge on any atom is 0.245 e. The average molecular weight is 351 g/mol. The van der Waals surface area contributed by atoms with E-state index in [9.17, 15) is 18.4 Å². The van der Waals surface area contributed by atoms with Gasteiger partial charge in [-0.2, -0.15) is 0 Å². The molecular formula is C18H23F2N3O2. The lowest BCUT2D eigenvalue weighted by molar-refractivity contribution is -0.147. The zero-order valence-electron chi connectivity index (χ0n) is 14.4. The summed E-state index contributed by atoms with van der Waals surface area (Å²) in [5.41, 5.74) is 0.361. The Morgan fingerprint density at radius 2 is 2.08 bits per heavy atom. The van der Waals surface area contributed by atoms with E-state index in [1.807, 2.05) is 13.8 Å². The summed E-state index contributed by atoms with van der Waals surface area (Å²) in [5, 5.41) is 5.99. The van der Waals surface area contributed by atoms with Gasteiger partial charge in [0.05, 0.1) is 0 Å². The Morgan fingerprint density at radius 1 is 1.32 bits per heavy atom. The van der Waals surface area contributed by atoms with E-state index in [0.717, 1.165) is 6.07 Å². The molecule has 0 radical (unpaired) electrons. The van der Waals surface area contributed by atoms with Crippen molar-refractivity contribution in [2.45, 2.75) is 51.4 Å². The molecule has 3 atom stereocenters. The van der Waals surface area contributed by atoms with Crippen molar-refractivity contribution in [3.05, 3.63) is 35.4 Å². The lowest BCUT2D eigenvalue weighted by Gasteiger charge is -2.35. The van der Waals surface area contributed by atoms with Crippen molar-refractivity contribution in [3.63, 3.8) is 0 Å². The van der Waals surface area contributed by atoms with Crippen LogP contribution in [0.5, 0.6) is 0 Å². The second-order valence-electron chi connectivity index (χ2n) is 7.25. The topological polar surface area (TPSA) is 61.4 Å². The van der Waals surface area contributed by atoms with Crippen molar-refractivity contribution in [3.8, 4) is 0 Å². The molecule has 1 aromatic carbocycles. The Bertz CT molecular complexity index is 680. The highest BCUT2D eigenvalue weighted by Crippen LogP contribution is 2.25. The van der Waals surface area contributed by atoms with Crippen molar-refractivity contribution >= 4 is 11.8 Å². The zero-order valence-corrected chi connectivity index (χ0v) is 14.4. The first kappa shape index (κ1) is 17.8. The molecule has 1 aromatic rings. The fourth-order valence-corrected chi connectivity index (χ4v) is 3.56. The fraction of sp³-hybridized carbons (Fsp3) is 0.556. The van der Waals surface area contributed by atoms with Gasteiger partial charge in [0.1, 0.15) is 23.7 Å². The molecule has 2 fully saturated rings. The smallest absolute Gasteiger partial charge is 0.245 e. The molecule has 136 valence electrons. The lowest BCUT2D eigenvalue weighted by atomic mass is 9.99. The number of fused-ring (bicyclic) bond motifs is 1. The number of carbonyl (C=O) groups excluding carboxylic acids is 2. The summed E-state index contributed by atoms with van der Waals surface area (Å²) in [7, 11) is 0. The molecule has 7 heteroatoms. The molecule has 3 rings (SSSR count). The van der Waals surface area contributed by atoms with Gasteiger partial charge in [-0.25, -0.2) is 8.78 Å². The highest BCUT2D eigenvalue weighted by molar-refractivity contribution is 5.97. The van der Waals surface area contributed by atoms with Crippen LogP contribution in [0.3, 0.4) is 0 Å². The number of piperazine rings is 1. The van der Waals surface area contributed by atoms with Gasteiger partial charge >= 0.3 is 0 Å². The van der Waals surface area contributed by atoms with Gasteiger partial charge in [0.25, 0.3) is 0 Å². The van der Waals surface area contributed by atoms with Gasteiger partial charge in [-0.05, 0) is 24.8 Å². The Labute approximate surface area is 145 Å². The minimum absolute atomic E-state index is 0.0458. The largest absolute Gasteiger partial charge is 0.342 e. The number of hydrogen-bond acceptors (Lipinski definition) is 3.